The smallest absolute Gasteiger partial charge is 0.330 e. The zero-order chi connectivity index (χ0) is 34.2. The minimum Gasteiger partial charge on any atom is -0.394 e. The molecule has 0 bridgehead atoms. The van der Waals surface area contributed by atoms with Gasteiger partial charge in [0.2, 0.25) is 11.6 Å². The largest absolute Gasteiger partial charge is 0.394 e. The van der Waals surface area contributed by atoms with E-state index in [1.165, 1.54) is 6.92 Å². The molecule has 3 saturated heterocycles. The molecule has 5 heterocycles. The van der Waals surface area contributed by atoms with Crippen LogP contribution in [0.3, 0.4) is 0 Å². The van der Waals surface area contributed by atoms with E-state index in [4.69, 9.17) is 24.1 Å². The van der Waals surface area contributed by atoms with Gasteiger partial charge < -0.3 is 59.8 Å². The van der Waals surface area contributed by atoms with Gasteiger partial charge in [-0.3, -0.25) is 28.7 Å². The maximum Gasteiger partial charge on any atom is 0.330 e. The van der Waals surface area contributed by atoms with Crippen molar-refractivity contribution in [2.24, 2.45) is 0 Å². The predicted octanol–water partition coefficient (Wildman–Crippen LogP) is -6.57. The first-order valence-electron chi connectivity index (χ1n) is 13.5. The number of ether oxygens (including phenoxy) is 4. The van der Waals surface area contributed by atoms with Crippen LogP contribution in [-0.2, 0) is 18.9 Å². The third-order valence-corrected chi connectivity index (χ3v) is 7.48. The first-order valence-corrected chi connectivity index (χ1v) is 13.5. The number of aromatic amines is 2. The number of nitrogens with one attached hydrogen (secondary N) is 2. The van der Waals surface area contributed by atoms with Gasteiger partial charge in [-0.1, -0.05) is 0 Å². The molecular weight excluding hydrogens is 638 g/mol. The summed E-state index contributed by atoms with van der Waals surface area (Å²) in [6.07, 6.45) is -16.9. The molecule has 5 rings (SSSR count). The highest BCUT2D eigenvalue weighted by Crippen LogP contribution is 2.30. The van der Waals surface area contributed by atoms with Crippen molar-refractivity contribution in [3.8, 4) is 0 Å². The Kier molecular flexibility index (Phi) is 11.0. The van der Waals surface area contributed by atoms with E-state index in [9.17, 15) is 63.7 Å². The molecule has 0 spiro atoms. The van der Waals surface area contributed by atoms with Crippen molar-refractivity contribution in [3.63, 3.8) is 0 Å². The second-order valence-electron chi connectivity index (χ2n) is 10.6. The van der Waals surface area contributed by atoms with Gasteiger partial charge in [0, 0.05) is 0 Å². The van der Waals surface area contributed by atoms with E-state index in [0.29, 0.717) is 21.5 Å². The average Bonchev–Trinajstić information content (AvgIpc) is 3.46. The van der Waals surface area contributed by atoms with E-state index >= 15 is 0 Å². The number of hydrogen-bond acceptors (Lipinski definition) is 16. The molecule has 0 aromatic carbocycles. The van der Waals surface area contributed by atoms with Gasteiger partial charge in [0.1, 0.15) is 54.9 Å². The molecule has 46 heavy (non-hydrogen) atoms. The summed E-state index contributed by atoms with van der Waals surface area (Å²) in [7, 11) is 0. The van der Waals surface area contributed by atoms with Crippen molar-refractivity contribution < 1.29 is 68.6 Å². The lowest BCUT2D eigenvalue weighted by molar-refractivity contribution is -0.298. The van der Waals surface area contributed by atoms with E-state index in [1.807, 2.05) is 0 Å². The number of halogens is 2. The molecule has 20 nitrogen and oxygen atoms in total. The molecule has 0 radical (unpaired) electrons. The van der Waals surface area contributed by atoms with Crippen LogP contribution in [0.2, 0.25) is 0 Å². The Morgan fingerprint density at radius 2 is 1.15 bits per heavy atom. The summed E-state index contributed by atoms with van der Waals surface area (Å²) in [5, 5.41) is 77.5. The first-order chi connectivity index (χ1) is 21.6. The monoisotopic (exact) mass is 670 g/mol. The van der Waals surface area contributed by atoms with Crippen molar-refractivity contribution in [2.45, 2.75) is 86.7 Å². The third kappa shape index (κ3) is 7.02. The minimum absolute atomic E-state index is 0.438. The molecule has 13 atom stereocenters. The van der Waals surface area contributed by atoms with Crippen molar-refractivity contribution in [2.75, 3.05) is 13.2 Å². The van der Waals surface area contributed by atoms with Crippen molar-refractivity contribution in [3.05, 3.63) is 65.7 Å². The molecular formula is C24H32F2N4O16. The summed E-state index contributed by atoms with van der Waals surface area (Å²) >= 11 is 0. The Labute approximate surface area is 253 Å². The van der Waals surface area contributed by atoms with E-state index in [-0.39, 0.29) is 0 Å². The van der Waals surface area contributed by atoms with Gasteiger partial charge in [0.15, 0.2) is 18.7 Å². The van der Waals surface area contributed by atoms with Gasteiger partial charge in [-0.15, -0.1) is 0 Å². The van der Waals surface area contributed by atoms with Crippen LogP contribution < -0.4 is 22.5 Å². The Bertz CT molecular complexity index is 1600. The summed E-state index contributed by atoms with van der Waals surface area (Å²) in [5.74, 6) is -2.52. The maximum atomic E-state index is 13.5. The minimum atomic E-state index is -1.65. The molecule has 22 heteroatoms. The van der Waals surface area contributed by atoms with E-state index in [1.54, 1.807) is 9.97 Å². The summed E-state index contributed by atoms with van der Waals surface area (Å²) in [5.41, 5.74) is -4.48. The van der Waals surface area contributed by atoms with Crippen molar-refractivity contribution >= 4 is 0 Å². The second kappa shape index (κ2) is 14.2. The number of H-pyrrole nitrogens is 2. The first kappa shape index (κ1) is 35.6. The van der Waals surface area contributed by atoms with Crippen molar-refractivity contribution in [1.29, 1.82) is 0 Å². The number of aliphatic hydroxyl groups excluding tert-OH is 8. The number of hydrogen-bond donors (Lipinski definition) is 10. The average molecular weight is 671 g/mol. The van der Waals surface area contributed by atoms with Crippen LogP contribution in [0.4, 0.5) is 8.78 Å². The highest BCUT2D eigenvalue weighted by atomic mass is 19.1. The highest BCUT2D eigenvalue weighted by molar-refractivity contribution is 4.96. The molecule has 0 unspecified atom stereocenters. The van der Waals surface area contributed by atoms with Gasteiger partial charge in [-0.05, 0) is 6.92 Å². The Morgan fingerprint density at radius 1 is 0.696 bits per heavy atom. The van der Waals surface area contributed by atoms with Crippen LogP contribution in [0.5, 0.6) is 0 Å². The highest BCUT2D eigenvalue weighted by Gasteiger charge is 2.47. The number of aromatic nitrogens is 4. The van der Waals surface area contributed by atoms with Gasteiger partial charge >= 0.3 is 11.4 Å². The fourth-order valence-corrected chi connectivity index (χ4v) is 4.85. The topological polar surface area (TPSA) is 308 Å². The zero-order valence-corrected chi connectivity index (χ0v) is 23.6. The van der Waals surface area contributed by atoms with E-state index in [0.717, 1.165) is 0 Å². The Hall–Kier alpha value is -3.26. The molecule has 3 aliphatic heterocycles. The SMILES string of the molecule is C[C@@H]1O[C@@H](OC[C@H]2O[C@@H](n3cc(F)c(=O)[nH]c3=O)[C@H](O)[C@@H]2O)[C@@H](O)[C@H](O)[C@@H]1O.O=c1[nH]c(=O)n([C@@H]2O[C@H](CO)[C@@H](O)[C@H]2O)cc1F. The van der Waals surface area contributed by atoms with E-state index in [2.05, 4.69) is 0 Å². The lowest BCUT2D eigenvalue weighted by Crippen LogP contribution is -2.57. The van der Waals surface area contributed by atoms with Gasteiger partial charge in [-0.25, -0.2) is 9.59 Å². The van der Waals surface area contributed by atoms with Crippen LogP contribution >= 0.6 is 0 Å². The molecule has 0 amide bonds. The van der Waals surface area contributed by atoms with E-state index < -0.39 is 127 Å². The molecule has 3 fully saturated rings. The molecule has 2 aromatic heterocycles. The lowest BCUT2D eigenvalue weighted by atomic mass is 10.00. The zero-order valence-electron chi connectivity index (χ0n) is 23.6. The predicted molar refractivity (Wildman–Crippen MR) is 140 cm³/mol. The molecule has 10 N–H and O–H groups in total. The Balaban J connectivity index is 0.000000230. The second-order valence-corrected chi connectivity index (χ2v) is 10.6. The number of aliphatic hydroxyl groups is 8. The summed E-state index contributed by atoms with van der Waals surface area (Å²) in [6, 6.07) is 0. The van der Waals surface area contributed by atoms with Crippen molar-refractivity contribution in [1.82, 2.24) is 19.1 Å². The molecule has 258 valence electrons. The van der Waals surface area contributed by atoms with Crippen LogP contribution in [-0.4, -0.2) is 140 Å². The lowest BCUT2D eigenvalue weighted by Gasteiger charge is -2.39. The summed E-state index contributed by atoms with van der Waals surface area (Å²) < 4.78 is 48.6. The molecule has 0 saturated carbocycles. The standard InChI is InChI=1S/C15H21FN2O10.C9H11FN2O6/c1-4-7(19)9(21)11(23)14(27-4)26-3-6-8(20)10(22)13(28-6)18-2-5(16)12(24)17-15(18)25;10-3-1-12(9(17)11-7(3)16)8-6(15)5(14)4(2-13)18-8/h2,4,6-11,13-14,19-23H,3H2,1H3,(H,17,24,25);1,4-6,8,13-15H,2H2,(H,11,16,17)/t4-,6+,7+,8+,9+,10+,11-,13+,14+;4-,5-,6-,8-/m01/s1. The van der Waals surface area contributed by atoms with Gasteiger partial charge in [0.25, 0.3) is 11.1 Å². The maximum absolute atomic E-state index is 13.5. The fraction of sp³-hybridized carbons (Fsp3) is 0.667. The van der Waals surface area contributed by atoms with Crippen LogP contribution in [0, 0.1) is 11.6 Å². The van der Waals surface area contributed by atoms with Crippen LogP contribution in [0.1, 0.15) is 19.4 Å². The van der Waals surface area contributed by atoms with Crippen LogP contribution in [0.25, 0.3) is 0 Å². The molecule has 2 aromatic rings. The van der Waals surface area contributed by atoms with Gasteiger partial charge in [-0.2, -0.15) is 8.78 Å². The normalized spacial score (nSPS) is 37.6. The van der Waals surface area contributed by atoms with Crippen LogP contribution in [0.15, 0.2) is 31.6 Å². The Morgan fingerprint density at radius 3 is 1.61 bits per heavy atom. The quantitative estimate of drug-likeness (QED) is 0.137. The molecule has 3 aliphatic rings. The number of nitrogens with zero attached hydrogens (tertiary/aromatic N) is 2. The summed E-state index contributed by atoms with van der Waals surface area (Å²) in [6.45, 7) is 0.440. The molecule has 0 aliphatic carbocycles. The number of rotatable bonds is 6. The third-order valence-electron chi connectivity index (χ3n) is 7.48. The fourth-order valence-electron chi connectivity index (χ4n) is 4.85. The summed E-state index contributed by atoms with van der Waals surface area (Å²) in [4.78, 5) is 48.6. The van der Waals surface area contributed by atoms with Gasteiger partial charge in [0.05, 0.1) is 31.7 Å².